The van der Waals surface area contributed by atoms with Crippen LogP contribution in [0, 0.1) is 5.41 Å². The number of carbonyl (C=O) groups is 2. The van der Waals surface area contributed by atoms with Crippen LogP contribution in [0.1, 0.15) is 77.3 Å². The highest BCUT2D eigenvalue weighted by Crippen LogP contribution is 2.36. The van der Waals surface area contributed by atoms with Crippen LogP contribution in [0.3, 0.4) is 0 Å². The molecule has 3 heterocycles. The minimum absolute atomic E-state index is 0.0224. The van der Waals surface area contributed by atoms with Gasteiger partial charge in [-0.2, -0.15) is 8.42 Å². The predicted octanol–water partition coefficient (Wildman–Crippen LogP) is 6.70. The van der Waals surface area contributed by atoms with Gasteiger partial charge in [-0.05, 0) is 45.2 Å². The van der Waals surface area contributed by atoms with Crippen molar-refractivity contribution in [2.45, 2.75) is 150 Å². The van der Waals surface area contributed by atoms with E-state index >= 15 is 0 Å². The minimum atomic E-state index is -4.13. The van der Waals surface area contributed by atoms with Crippen LogP contribution < -0.4 is 0 Å². The topological polar surface area (TPSA) is 175 Å². The SMILES string of the molecule is CC(=O)CCC(=O)O[C@H]1CC[C@H](O[C@@H]2C[C@H](O[C@@H]3[C@@H](C)O[C@@H](OC(=N)C(Cl)(Cl)Cl)C[C@H]3OCc3ccccc3)O[C@H](C)[C@H]2OS(=O)(=O)Cc2ccccc2)O[C@H]1C. The van der Waals surface area contributed by atoms with E-state index in [4.69, 9.17) is 82.3 Å². The zero-order valence-corrected chi connectivity index (χ0v) is 35.2. The molecule has 2 aromatic carbocycles. The maximum atomic E-state index is 13.4. The van der Waals surface area contributed by atoms with Crippen LogP contribution in [-0.4, -0.2) is 97.6 Å². The standard InChI is InChI=1S/C39H50Cl3NO13S/c1-23(44)15-17-32(45)52-29-16-18-33(49-24(29)2)53-31-20-34(51-26(4)37(31)56-57(46,47)22-28-13-9-6-10-14-28)54-36-25(3)50-35(55-38(43)39(40,41)42)19-30(36)48-21-27-11-7-5-8-12-27/h5-14,24-26,29-31,33-37,43H,15-22H2,1-4H3/t24-,25+,26+,29-,30+,31+,33-,34-,35-,36+,37+/m0/s1. The van der Waals surface area contributed by atoms with E-state index in [0.29, 0.717) is 18.4 Å². The third-order valence-corrected chi connectivity index (χ3v) is 11.4. The Kier molecular flexibility index (Phi) is 16.6. The number of halogens is 3. The number of nitrogens with one attached hydrogen (secondary N) is 1. The summed E-state index contributed by atoms with van der Waals surface area (Å²) in [6.07, 6.45) is -7.85. The van der Waals surface area contributed by atoms with E-state index in [1.54, 1.807) is 51.1 Å². The molecule has 57 heavy (non-hydrogen) atoms. The summed E-state index contributed by atoms with van der Waals surface area (Å²) in [6, 6.07) is 18.2. The molecule has 1 N–H and O–H groups in total. The van der Waals surface area contributed by atoms with Crippen molar-refractivity contribution < 1.29 is 60.1 Å². The van der Waals surface area contributed by atoms with Gasteiger partial charge in [-0.3, -0.25) is 14.4 Å². The van der Waals surface area contributed by atoms with E-state index in [1.165, 1.54) is 6.92 Å². The summed E-state index contributed by atoms with van der Waals surface area (Å²) in [5.74, 6) is -1.58. The van der Waals surface area contributed by atoms with Crippen molar-refractivity contribution in [3.8, 4) is 0 Å². The van der Waals surface area contributed by atoms with Gasteiger partial charge >= 0.3 is 5.97 Å². The second kappa shape index (κ2) is 20.7. The Hall–Kier alpha value is -2.41. The fraction of sp³-hybridized carbons (Fsp3) is 0.615. The van der Waals surface area contributed by atoms with Crippen molar-refractivity contribution in [1.82, 2.24) is 0 Å². The first-order valence-corrected chi connectivity index (χ1v) is 21.6. The third-order valence-electron chi connectivity index (χ3n) is 9.67. The van der Waals surface area contributed by atoms with Gasteiger partial charge in [-0.25, -0.2) is 0 Å². The number of hydrogen-bond donors (Lipinski definition) is 1. The van der Waals surface area contributed by atoms with E-state index in [-0.39, 0.29) is 43.8 Å². The summed E-state index contributed by atoms with van der Waals surface area (Å²) >= 11 is 17.6. The quantitative estimate of drug-likeness (QED) is 0.0621. The predicted molar refractivity (Wildman–Crippen MR) is 209 cm³/mol. The maximum Gasteiger partial charge on any atom is 0.306 e. The molecule has 3 aliphatic heterocycles. The maximum absolute atomic E-state index is 13.4. The molecule has 18 heteroatoms. The van der Waals surface area contributed by atoms with E-state index < -0.39 is 93.5 Å². The largest absolute Gasteiger partial charge is 0.460 e. The molecule has 0 bridgehead atoms. The highest BCUT2D eigenvalue weighted by Gasteiger charge is 2.47. The van der Waals surface area contributed by atoms with Crippen molar-refractivity contribution >= 4 is 62.6 Å². The lowest BCUT2D eigenvalue weighted by atomic mass is 9.99. The first kappa shape index (κ1) is 45.7. The Morgan fingerprint density at radius 2 is 1.33 bits per heavy atom. The van der Waals surface area contributed by atoms with E-state index in [1.807, 2.05) is 30.3 Å². The van der Waals surface area contributed by atoms with Gasteiger partial charge in [0.15, 0.2) is 12.6 Å². The molecule has 0 unspecified atom stereocenters. The van der Waals surface area contributed by atoms with Crippen molar-refractivity contribution in [3.05, 3.63) is 71.8 Å². The Morgan fingerprint density at radius 3 is 1.96 bits per heavy atom. The van der Waals surface area contributed by atoms with Crippen LogP contribution in [0.5, 0.6) is 0 Å². The Morgan fingerprint density at radius 1 is 0.737 bits per heavy atom. The monoisotopic (exact) mass is 877 g/mol. The molecule has 5 rings (SSSR count). The molecule has 14 nitrogen and oxygen atoms in total. The summed E-state index contributed by atoms with van der Waals surface area (Å²) in [7, 11) is -4.13. The number of alkyl halides is 3. The van der Waals surface area contributed by atoms with Gasteiger partial charge in [0, 0.05) is 25.7 Å². The van der Waals surface area contributed by atoms with Crippen molar-refractivity contribution in [2.75, 3.05) is 0 Å². The molecule has 3 fully saturated rings. The van der Waals surface area contributed by atoms with Crippen molar-refractivity contribution in [3.63, 3.8) is 0 Å². The Balaban J connectivity index is 1.31. The van der Waals surface area contributed by atoms with E-state index in [0.717, 1.165) is 5.56 Å². The van der Waals surface area contributed by atoms with Crippen LogP contribution in [0.4, 0.5) is 0 Å². The van der Waals surface area contributed by atoms with Crippen molar-refractivity contribution in [1.29, 1.82) is 5.41 Å². The van der Waals surface area contributed by atoms with Gasteiger partial charge in [0.1, 0.15) is 29.8 Å². The average molecular weight is 879 g/mol. The Labute approximate surface area is 348 Å². The van der Waals surface area contributed by atoms with Gasteiger partial charge in [0.25, 0.3) is 13.9 Å². The van der Waals surface area contributed by atoms with Crippen LogP contribution >= 0.6 is 34.8 Å². The smallest absolute Gasteiger partial charge is 0.306 e. The summed E-state index contributed by atoms with van der Waals surface area (Å²) in [5, 5.41) is 8.08. The number of Topliss-reactive ketones (excluding diaryl/α,β-unsaturated/α-hetero) is 1. The number of ether oxygens (including phenoxy) is 8. The van der Waals surface area contributed by atoms with Gasteiger partial charge < -0.3 is 42.7 Å². The lowest BCUT2D eigenvalue weighted by molar-refractivity contribution is -0.324. The molecular weight excluding hydrogens is 829 g/mol. The molecule has 3 aliphatic rings. The van der Waals surface area contributed by atoms with E-state index in [2.05, 4.69) is 0 Å². The fourth-order valence-electron chi connectivity index (χ4n) is 6.81. The van der Waals surface area contributed by atoms with Crippen molar-refractivity contribution in [2.24, 2.45) is 0 Å². The van der Waals surface area contributed by atoms with Gasteiger partial charge in [-0.15, -0.1) is 0 Å². The van der Waals surface area contributed by atoms with E-state index in [9.17, 15) is 18.0 Å². The number of esters is 1. The lowest BCUT2D eigenvalue weighted by Gasteiger charge is -2.45. The third kappa shape index (κ3) is 14.1. The van der Waals surface area contributed by atoms with Crippen LogP contribution in [0.25, 0.3) is 0 Å². The minimum Gasteiger partial charge on any atom is -0.460 e. The summed E-state index contributed by atoms with van der Waals surface area (Å²) in [4.78, 5) is 23.7. The first-order chi connectivity index (χ1) is 27.0. The second-order valence-electron chi connectivity index (χ2n) is 14.4. The lowest BCUT2D eigenvalue weighted by Crippen LogP contribution is -2.56. The van der Waals surface area contributed by atoms with Gasteiger partial charge in [-0.1, -0.05) is 95.5 Å². The zero-order chi connectivity index (χ0) is 41.3. The van der Waals surface area contributed by atoms with Crippen LogP contribution in [-0.2, 0) is 74.1 Å². The molecule has 0 aromatic heterocycles. The highest BCUT2D eigenvalue weighted by atomic mass is 35.6. The average Bonchev–Trinajstić information content (AvgIpc) is 3.14. The molecule has 0 saturated carbocycles. The molecule has 0 radical (unpaired) electrons. The number of hydrogen-bond acceptors (Lipinski definition) is 14. The van der Waals surface area contributed by atoms with Gasteiger partial charge in [0.05, 0.1) is 43.5 Å². The number of carbonyl (C=O) groups excluding carboxylic acids is 2. The molecule has 11 atom stereocenters. The first-order valence-electron chi connectivity index (χ1n) is 18.8. The summed E-state index contributed by atoms with van der Waals surface area (Å²) in [6.45, 7) is 6.81. The van der Waals surface area contributed by atoms with Crippen LogP contribution in [0.15, 0.2) is 60.7 Å². The van der Waals surface area contributed by atoms with Gasteiger partial charge in [0.2, 0.25) is 12.2 Å². The highest BCUT2D eigenvalue weighted by molar-refractivity contribution is 7.85. The molecule has 3 saturated heterocycles. The normalized spacial score (nSPS) is 31.0. The molecular formula is C39H50Cl3NO13S. The summed E-state index contributed by atoms with van der Waals surface area (Å²) < 4.78 is 79.7. The molecule has 2 aromatic rings. The number of ketones is 1. The molecule has 0 amide bonds. The second-order valence-corrected chi connectivity index (χ2v) is 18.3. The zero-order valence-electron chi connectivity index (χ0n) is 32.1. The Bertz CT molecular complexity index is 1740. The van der Waals surface area contributed by atoms with Crippen LogP contribution in [0.2, 0.25) is 0 Å². The number of benzene rings is 2. The molecule has 316 valence electrons. The molecule has 0 aliphatic carbocycles. The summed E-state index contributed by atoms with van der Waals surface area (Å²) in [5.41, 5.74) is 1.46. The fourth-order valence-corrected chi connectivity index (χ4v) is 8.23. The molecule has 0 spiro atoms. The number of rotatable bonds is 16.